The SMILES string of the molecule is CC(C)[C@H](N)C(=O)OC1=CCC(C=CC(=O)c2c(O)cccc2O[C@@H]2O[C@H](CO)[C@@H](O)[C@H](O)[C@H]2O)C=C1.Cl. The number of aromatic hydroxyl groups is 1. The highest BCUT2D eigenvalue weighted by molar-refractivity contribution is 6.08. The lowest BCUT2D eigenvalue weighted by Crippen LogP contribution is -2.60. The molecule has 7 atom stereocenters. The van der Waals surface area contributed by atoms with Gasteiger partial charge in [-0.25, -0.2) is 4.79 Å². The third-order valence-corrected chi connectivity index (χ3v) is 6.14. The number of aliphatic hydroxyl groups excluding tert-OH is 4. The van der Waals surface area contributed by atoms with Gasteiger partial charge in [-0.2, -0.15) is 0 Å². The minimum Gasteiger partial charge on any atom is -0.507 e. The summed E-state index contributed by atoms with van der Waals surface area (Å²) < 4.78 is 16.2. The van der Waals surface area contributed by atoms with Crippen molar-refractivity contribution in [2.75, 3.05) is 6.61 Å². The second-order valence-corrected chi connectivity index (χ2v) is 9.24. The first-order valence-electron chi connectivity index (χ1n) is 11.9. The zero-order chi connectivity index (χ0) is 27.3. The lowest BCUT2D eigenvalue weighted by atomic mass is 9.98. The van der Waals surface area contributed by atoms with Gasteiger partial charge in [0, 0.05) is 0 Å². The van der Waals surface area contributed by atoms with Crippen LogP contribution in [-0.4, -0.2) is 80.6 Å². The van der Waals surface area contributed by atoms with Gasteiger partial charge in [0.15, 0.2) is 5.78 Å². The van der Waals surface area contributed by atoms with Crippen molar-refractivity contribution < 1.29 is 49.3 Å². The molecule has 7 N–H and O–H groups in total. The molecule has 1 unspecified atom stereocenters. The standard InChI is InChI=1S/C26H33NO10.ClH/c1-13(2)21(27)25(34)35-15-9-6-14(7-10-15)8-11-17(30)20-16(29)4-3-5-18(20)36-26-24(33)23(32)22(31)19(12-28)37-26;/h3-6,8-11,13-14,19,21-24,26,28-29,31-33H,7,12,27H2,1-2H3;1H/t14?,19-,21+,22-,23+,24-,26-;/m1./s1. The van der Waals surface area contributed by atoms with Crippen molar-refractivity contribution in [2.24, 2.45) is 17.6 Å². The summed E-state index contributed by atoms with van der Waals surface area (Å²) in [5, 5.41) is 49.8. The largest absolute Gasteiger partial charge is 0.507 e. The number of hydrogen-bond acceptors (Lipinski definition) is 11. The lowest BCUT2D eigenvalue weighted by Gasteiger charge is -2.39. The Hall–Kier alpha value is -2.77. The molecule has 1 heterocycles. The van der Waals surface area contributed by atoms with Crippen LogP contribution in [0, 0.1) is 11.8 Å². The number of hydrogen-bond donors (Lipinski definition) is 6. The van der Waals surface area contributed by atoms with E-state index in [2.05, 4.69) is 0 Å². The van der Waals surface area contributed by atoms with E-state index in [9.17, 15) is 35.1 Å². The molecule has 1 saturated heterocycles. The van der Waals surface area contributed by atoms with E-state index in [0.29, 0.717) is 12.2 Å². The number of phenols is 1. The number of esters is 1. The van der Waals surface area contributed by atoms with Gasteiger partial charge in [-0.05, 0) is 48.6 Å². The van der Waals surface area contributed by atoms with Crippen LogP contribution < -0.4 is 10.5 Å². The minimum atomic E-state index is -1.68. The fraction of sp³-hybridized carbons (Fsp3) is 0.462. The number of carbonyl (C=O) groups excluding carboxylic acids is 2. The third-order valence-electron chi connectivity index (χ3n) is 6.14. The highest BCUT2D eigenvalue weighted by atomic mass is 35.5. The van der Waals surface area contributed by atoms with E-state index in [-0.39, 0.29) is 41.3 Å². The van der Waals surface area contributed by atoms with Crippen molar-refractivity contribution >= 4 is 24.2 Å². The predicted molar refractivity (Wildman–Crippen MR) is 137 cm³/mol. The molecule has 0 bridgehead atoms. The fourth-order valence-corrected chi connectivity index (χ4v) is 3.74. The first kappa shape index (κ1) is 31.4. The first-order valence-corrected chi connectivity index (χ1v) is 11.9. The molecule has 0 aromatic heterocycles. The summed E-state index contributed by atoms with van der Waals surface area (Å²) in [5.74, 6) is -1.53. The second kappa shape index (κ2) is 13.9. The number of ether oxygens (including phenoxy) is 3. The van der Waals surface area contributed by atoms with E-state index in [1.807, 2.05) is 13.8 Å². The molecule has 0 spiro atoms. The molecule has 11 nitrogen and oxygen atoms in total. The van der Waals surface area contributed by atoms with Crippen LogP contribution in [0.4, 0.5) is 0 Å². The summed E-state index contributed by atoms with van der Waals surface area (Å²) in [6.45, 7) is 2.99. The van der Waals surface area contributed by atoms with Gasteiger partial charge in [0.1, 0.15) is 53.3 Å². The van der Waals surface area contributed by atoms with Gasteiger partial charge < -0.3 is 45.5 Å². The summed E-state index contributed by atoms with van der Waals surface area (Å²) in [4.78, 5) is 25.0. The molecular formula is C26H34ClNO10. The maximum absolute atomic E-state index is 13.0. The Balaban J connectivity index is 0.00000507. The molecule has 3 rings (SSSR count). The third kappa shape index (κ3) is 7.41. The molecule has 0 saturated carbocycles. The number of nitrogens with two attached hydrogens (primary N) is 1. The van der Waals surface area contributed by atoms with E-state index in [1.54, 1.807) is 24.3 Å². The zero-order valence-corrected chi connectivity index (χ0v) is 21.7. The maximum atomic E-state index is 13.0. The summed E-state index contributed by atoms with van der Waals surface area (Å²) >= 11 is 0. The van der Waals surface area contributed by atoms with Gasteiger partial charge in [-0.3, -0.25) is 4.79 Å². The monoisotopic (exact) mass is 555 g/mol. The Morgan fingerprint density at radius 2 is 1.89 bits per heavy atom. The van der Waals surface area contributed by atoms with Crippen molar-refractivity contribution in [2.45, 2.75) is 57.0 Å². The van der Waals surface area contributed by atoms with Crippen LogP contribution in [-0.2, 0) is 14.3 Å². The van der Waals surface area contributed by atoms with Crippen molar-refractivity contribution in [1.82, 2.24) is 0 Å². The van der Waals surface area contributed by atoms with E-state index in [1.165, 1.54) is 24.3 Å². The Morgan fingerprint density at radius 1 is 1.18 bits per heavy atom. The van der Waals surface area contributed by atoms with Gasteiger partial charge in [0.2, 0.25) is 6.29 Å². The van der Waals surface area contributed by atoms with Crippen molar-refractivity contribution in [3.8, 4) is 11.5 Å². The number of allylic oxidation sites excluding steroid dienone is 5. The van der Waals surface area contributed by atoms with E-state index >= 15 is 0 Å². The number of ketones is 1. The molecule has 1 aromatic carbocycles. The van der Waals surface area contributed by atoms with Crippen molar-refractivity contribution in [3.63, 3.8) is 0 Å². The fourth-order valence-electron chi connectivity index (χ4n) is 3.74. The maximum Gasteiger partial charge on any atom is 0.328 e. The van der Waals surface area contributed by atoms with Gasteiger partial charge in [-0.15, -0.1) is 12.4 Å². The lowest BCUT2D eigenvalue weighted by molar-refractivity contribution is -0.277. The molecule has 0 amide bonds. The molecule has 38 heavy (non-hydrogen) atoms. The van der Waals surface area contributed by atoms with Crippen LogP contribution in [0.3, 0.4) is 0 Å². The Morgan fingerprint density at radius 3 is 2.50 bits per heavy atom. The molecule has 12 heteroatoms. The molecule has 0 radical (unpaired) electrons. The first-order chi connectivity index (χ1) is 17.5. The topological polar surface area (TPSA) is 189 Å². The quantitative estimate of drug-likeness (QED) is 0.143. The molecule has 2 aliphatic rings. The summed E-state index contributed by atoms with van der Waals surface area (Å²) in [6.07, 6.45) is 0.751. The van der Waals surface area contributed by atoms with Crippen LogP contribution >= 0.6 is 12.4 Å². The highest BCUT2D eigenvalue weighted by Crippen LogP contribution is 2.32. The van der Waals surface area contributed by atoms with Gasteiger partial charge in [0.05, 0.1) is 6.61 Å². The van der Waals surface area contributed by atoms with Crippen molar-refractivity contribution in [1.29, 1.82) is 0 Å². The molecule has 1 fully saturated rings. The van der Waals surface area contributed by atoms with E-state index in [0.717, 1.165) is 0 Å². The van der Waals surface area contributed by atoms with Gasteiger partial charge in [-0.1, -0.05) is 32.1 Å². The smallest absolute Gasteiger partial charge is 0.328 e. The predicted octanol–water partition coefficient (Wildman–Crippen LogP) is 0.718. The van der Waals surface area contributed by atoms with Gasteiger partial charge >= 0.3 is 5.97 Å². The van der Waals surface area contributed by atoms with Crippen molar-refractivity contribution in [3.05, 3.63) is 59.9 Å². The van der Waals surface area contributed by atoms with E-state index < -0.39 is 55.1 Å². The van der Waals surface area contributed by atoms with Gasteiger partial charge in [0.25, 0.3) is 0 Å². The number of aliphatic hydroxyl groups is 4. The molecule has 1 aliphatic heterocycles. The zero-order valence-electron chi connectivity index (χ0n) is 20.9. The Labute approximate surface area is 226 Å². The Bertz CT molecular complexity index is 1070. The summed E-state index contributed by atoms with van der Waals surface area (Å²) in [5.41, 5.74) is 5.59. The average Bonchev–Trinajstić information content (AvgIpc) is 2.87. The van der Waals surface area contributed by atoms with Crippen LogP contribution in [0.15, 0.2) is 54.3 Å². The van der Waals surface area contributed by atoms with Crippen LogP contribution in [0.25, 0.3) is 0 Å². The molecular weight excluding hydrogens is 522 g/mol. The normalized spacial score (nSPS) is 27.9. The summed E-state index contributed by atoms with van der Waals surface area (Å²) in [6, 6.07) is 3.33. The second-order valence-electron chi connectivity index (χ2n) is 9.24. The number of carbonyl (C=O) groups is 2. The molecule has 1 aromatic rings. The Kier molecular flexibility index (Phi) is 11.5. The van der Waals surface area contributed by atoms with Crippen LogP contribution in [0.1, 0.15) is 30.6 Å². The number of phenolic OH excluding ortho intramolecular Hbond substituents is 1. The number of halogens is 1. The minimum absolute atomic E-state index is 0. The van der Waals surface area contributed by atoms with E-state index in [4.69, 9.17) is 19.9 Å². The highest BCUT2D eigenvalue weighted by Gasteiger charge is 2.45. The van der Waals surface area contributed by atoms with Crippen LogP contribution in [0.2, 0.25) is 0 Å². The summed E-state index contributed by atoms with van der Waals surface area (Å²) in [7, 11) is 0. The number of benzene rings is 1. The van der Waals surface area contributed by atoms with Crippen LogP contribution in [0.5, 0.6) is 11.5 Å². The molecule has 1 aliphatic carbocycles. The number of rotatable bonds is 9. The average molecular weight is 556 g/mol. The molecule has 210 valence electrons.